The first-order valence-electron chi connectivity index (χ1n) is 7.42. The van der Waals surface area contributed by atoms with Gasteiger partial charge in [0.1, 0.15) is 11.5 Å². The highest BCUT2D eigenvalue weighted by Gasteiger charge is 2.19. The third kappa shape index (κ3) is 3.73. The molecule has 0 unspecified atom stereocenters. The molecule has 2 aromatic rings. The predicted molar refractivity (Wildman–Crippen MR) is 82.4 cm³/mol. The van der Waals surface area contributed by atoms with Crippen molar-refractivity contribution in [3.8, 4) is 17.4 Å². The maximum absolute atomic E-state index is 11.0. The Labute approximate surface area is 137 Å². The highest BCUT2D eigenvalue weighted by molar-refractivity contribution is 6.32. The van der Waals surface area contributed by atoms with Crippen LogP contribution in [0.5, 0.6) is 17.4 Å². The standard InChI is InChI=1S/C15H16ClN3O4/c16-11-7-6-10(23-14-13(15(20)21)17-19-18-14)8-12(11)22-9-4-2-1-3-5-9/h6-9H,1-5H2,(H,20,21)(H,17,18,19). The average Bonchev–Trinajstić information content (AvgIpc) is 3.00. The minimum Gasteiger partial charge on any atom is -0.489 e. The number of nitrogens with one attached hydrogen (secondary N) is 1. The van der Waals surface area contributed by atoms with Crippen LogP contribution in [0.4, 0.5) is 0 Å². The molecule has 1 aliphatic rings. The molecule has 1 aromatic heterocycles. The lowest BCUT2D eigenvalue weighted by atomic mass is 9.98. The summed E-state index contributed by atoms with van der Waals surface area (Å²) in [4.78, 5) is 11.0. The van der Waals surface area contributed by atoms with Gasteiger partial charge in [0.15, 0.2) is 0 Å². The molecule has 0 amide bonds. The van der Waals surface area contributed by atoms with Gasteiger partial charge in [0.25, 0.3) is 5.88 Å². The first-order valence-corrected chi connectivity index (χ1v) is 7.79. The van der Waals surface area contributed by atoms with Gasteiger partial charge in [-0.3, -0.25) is 0 Å². The van der Waals surface area contributed by atoms with Crippen molar-refractivity contribution in [2.45, 2.75) is 38.2 Å². The molecule has 0 saturated heterocycles. The molecule has 3 rings (SSSR count). The van der Waals surface area contributed by atoms with E-state index in [-0.39, 0.29) is 17.7 Å². The zero-order chi connectivity index (χ0) is 16.2. The summed E-state index contributed by atoms with van der Waals surface area (Å²) in [5, 5.41) is 18.8. The zero-order valence-electron chi connectivity index (χ0n) is 12.3. The van der Waals surface area contributed by atoms with Crippen molar-refractivity contribution in [2.75, 3.05) is 0 Å². The molecule has 7 nitrogen and oxygen atoms in total. The number of aromatic carboxylic acids is 1. The topological polar surface area (TPSA) is 97.3 Å². The number of carbonyl (C=O) groups is 1. The number of rotatable bonds is 5. The van der Waals surface area contributed by atoms with Gasteiger partial charge >= 0.3 is 5.97 Å². The fourth-order valence-corrected chi connectivity index (χ4v) is 2.70. The number of aromatic nitrogens is 3. The van der Waals surface area contributed by atoms with Crippen molar-refractivity contribution in [1.82, 2.24) is 15.4 Å². The highest BCUT2D eigenvalue weighted by Crippen LogP contribution is 2.34. The Morgan fingerprint density at radius 3 is 2.83 bits per heavy atom. The van der Waals surface area contributed by atoms with Crippen molar-refractivity contribution < 1.29 is 19.4 Å². The van der Waals surface area contributed by atoms with E-state index in [9.17, 15) is 4.79 Å². The van der Waals surface area contributed by atoms with Crippen LogP contribution in [-0.2, 0) is 0 Å². The Kier molecular flexibility index (Phi) is 4.66. The highest BCUT2D eigenvalue weighted by atomic mass is 35.5. The molecule has 1 saturated carbocycles. The van der Waals surface area contributed by atoms with Gasteiger partial charge in [0.2, 0.25) is 5.69 Å². The van der Waals surface area contributed by atoms with Gasteiger partial charge < -0.3 is 14.6 Å². The van der Waals surface area contributed by atoms with Crippen LogP contribution in [0.15, 0.2) is 18.2 Å². The number of carboxylic acids is 1. The van der Waals surface area contributed by atoms with Gasteiger partial charge in [-0.2, -0.15) is 0 Å². The first-order chi connectivity index (χ1) is 11.1. The number of ether oxygens (including phenoxy) is 2. The Morgan fingerprint density at radius 1 is 1.30 bits per heavy atom. The molecule has 2 N–H and O–H groups in total. The molecule has 0 aliphatic heterocycles. The maximum atomic E-state index is 11.0. The van der Waals surface area contributed by atoms with Crippen LogP contribution in [-0.4, -0.2) is 32.6 Å². The third-order valence-corrected chi connectivity index (χ3v) is 4.01. The molecular weight excluding hydrogens is 322 g/mol. The second-order valence-corrected chi connectivity index (χ2v) is 5.78. The summed E-state index contributed by atoms with van der Waals surface area (Å²) >= 11 is 6.17. The fraction of sp³-hybridized carbons (Fsp3) is 0.400. The van der Waals surface area contributed by atoms with E-state index in [1.807, 2.05) is 0 Å². The number of carboxylic acid groups (broad SMARTS) is 1. The van der Waals surface area contributed by atoms with Crippen LogP contribution in [0.1, 0.15) is 42.6 Å². The molecule has 1 aromatic carbocycles. The summed E-state index contributed by atoms with van der Waals surface area (Å²) in [6.07, 6.45) is 5.71. The first kappa shape index (κ1) is 15.6. The van der Waals surface area contributed by atoms with E-state index < -0.39 is 5.97 Å². The van der Waals surface area contributed by atoms with Gasteiger partial charge in [-0.25, -0.2) is 9.89 Å². The molecule has 0 atom stereocenters. The van der Waals surface area contributed by atoms with Crippen LogP contribution >= 0.6 is 11.6 Å². The lowest BCUT2D eigenvalue weighted by Crippen LogP contribution is -2.19. The van der Waals surface area contributed by atoms with Crippen LogP contribution in [0, 0.1) is 0 Å². The third-order valence-electron chi connectivity index (χ3n) is 3.69. The van der Waals surface area contributed by atoms with E-state index in [2.05, 4.69) is 15.4 Å². The largest absolute Gasteiger partial charge is 0.489 e. The van der Waals surface area contributed by atoms with E-state index in [0.717, 1.165) is 25.7 Å². The van der Waals surface area contributed by atoms with Gasteiger partial charge in [0, 0.05) is 6.07 Å². The number of aromatic amines is 1. The lowest BCUT2D eigenvalue weighted by molar-refractivity contribution is 0.0687. The van der Waals surface area contributed by atoms with Crippen LogP contribution < -0.4 is 9.47 Å². The smallest absolute Gasteiger partial charge is 0.359 e. The average molecular weight is 338 g/mol. The number of halogens is 1. The van der Waals surface area contributed by atoms with Crippen molar-refractivity contribution in [1.29, 1.82) is 0 Å². The van der Waals surface area contributed by atoms with Crippen molar-refractivity contribution in [2.24, 2.45) is 0 Å². The SMILES string of the molecule is O=C(O)c1[nH]nnc1Oc1ccc(Cl)c(OC2CCCCC2)c1. The van der Waals surface area contributed by atoms with Crippen LogP contribution in [0.25, 0.3) is 0 Å². The quantitative estimate of drug-likeness (QED) is 0.864. The second kappa shape index (κ2) is 6.87. The normalized spacial score (nSPS) is 15.3. The molecule has 1 fully saturated rings. The summed E-state index contributed by atoms with van der Waals surface area (Å²) in [6.45, 7) is 0. The van der Waals surface area contributed by atoms with E-state index in [4.69, 9.17) is 26.2 Å². The van der Waals surface area contributed by atoms with E-state index in [1.54, 1.807) is 18.2 Å². The summed E-state index contributed by atoms with van der Waals surface area (Å²) in [7, 11) is 0. The van der Waals surface area contributed by atoms with Crippen molar-refractivity contribution in [3.63, 3.8) is 0 Å². The van der Waals surface area contributed by atoms with E-state index in [0.29, 0.717) is 16.5 Å². The maximum Gasteiger partial charge on any atom is 0.359 e. The predicted octanol–water partition coefficient (Wildman–Crippen LogP) is 3.66. The summed E-state index contributed by atoms with van der Waals surface area (Å²) in [6, 6.07) is 4.91. The Hall–Kier alpha value is -2.28. The molecule has 8 heteroatoms. The number of hydrogen-bond donors (Lipinski definition) is 2. The Morgan fingerprint density at radius 2 is 2.09 bits per heavy atom. The summed E-state index contributed by atoms with van der Waals surface area (Å²) < 4.78 is 11.4. The molecule has 0 bridgehead atoms. The Bertz CT molecular complexity index is 698. The second-order valence-electron chi connectivity index (χ2n) is 5.37. The van der Waals surface area contributed by atoms with E-state index in [1.165, 1.54) is 6.42 Å². The number of hydrogen-bond acceptors (Lipinski definition) is 5. The van der Waals surface area contributed by atoms with Gasteiger partial charge in [-0.15, -0.1) is 0 Å². The zero-order valence-corrected chi connectivity index (χ0v) is 13.0. The fourth-order valence-electron chi connectivity index (χ4n) is 2.54. The Balaban J connectivity index is 1.76. The minimum absolute atomic E-state index is 0.108. The molecule has 1 aliphatic carbocycles. The van der Waals surface area contributed by atoms with Gasteiger partial charge in [-0.1, -0.05) is 28.3 Å². The number of H-pyrrole nitrogens is 1. The summed E-state index contributed by atoms with van der Waals surface area (Å²) in [5.41, 5.74) is -0.213. The van der Waals surface area contributed by atoms with Crippen LogP contribution in [0.3, 0.4) is 0 Å². The minimum atomic E-state index is -1.20. The summed E-state index contributed by atoms with van der Waals surface area (Å²) in [5.74, 6) is -0.394. The molecule has 0 spiro atoms. The monoisotopic (exact) mass is 337 g/mol. The van der Waals surface area contributed by atoms with Gasteiger partial charge in [0.05, 0.1) is 11.1 Å². The van der Waals surface area contributed by atoms with E-state index >= 15 is 0 Å². The molecule has 23 heavy (non-hydrogen) atoms. The van der Waals surface area contributed by atoms with Crippen molar-refractivity contribution >= 4 is 17.6 Å². The molecule has 0 radical (unpaired) electrons. The number of nitrogens with zero attached hydrogens (tertiary/aromatic N) is 2. The lowest BCUT2D eigenvalue weighted by Gasteiger charge is -2.23. The van der Waals surface area contributed by atoms with Crippen LogP contribution in [0.2, 0.25) is 5.02 Å². The number of benzene rings is 1. The molecular formula is C15H16ClN3O4. The molecule has 122 valence electrons. The molecule has 1 heterocycles. The van der Waals surface area contributed by atoms with Crippen molar-refractivity contribution in [3.05, 3.63) is 28.9 Å². The van der Waals surface area contributed by atoms with Gasteiger partial charge in [-0.05, 0) is 37.8 Å².